The quantitative estimate of drug-likeness (QED) is 0.835. The Labute approximate surface area is 125 Å². The topological polar surface area (TPSA) is 29.3 Å². The van der Waals surface area contributed by atoms with Crippen molar-refractivity contribution in [3.05, 3.63) is 0 Å². The third-order valence-corrected chi connectivity index (χ3v) is 6.67. The molecule has 0 aromatic carbocycles. The SMILES string of the molecule is CC1(C)CCCC(CN2CCC3CCCCC3C2)C1N. The zero-order valence-corrected chi connectivity index (χ0v) is 13.6. The van der Waals surface area contributed by atoms with Crippen LogP contribution in [0, 0.1) is 23.2 Å². The molecule has 3 fully saturated rings. The van der Waals surface area contributed by atoms with Gasteiger partial charge in [-0.15, -0.1) is 0 Å². The van der Waals surface area contributed by atoms with E-state index in [2.05, 4.69) is 18.7 Å². The second-order valence-corrected chi connectivity index (χ2v) is 8.52. The summed E-state index contributed by atoms with van der Waals surface area (Å²) < 4.78 is 0. The molecule has 2 heteroatoms. The molecule has 2 saturated carbocycles. The van der Waals surface area contributed by atoms with Gasteiger partial charge in [-0.1, -0.05) is 39.5 Å². The zero-order valence-electron chi connectivity index (χ0n) is 13.6. The van der Waals surface area contributed by atoms with Crippen molar-refractivity contribution in [2.24, 2.45) is 28.9 Å². The predicted molar refractivity (Wildman–Crippen MR) is 85.6 cm³/mol. The first-order chi connectivity index (χ1) is 9.56. The van der Waals surface area contributed by atoms with Gasteiger partial charge in [0.2, 0.25) is 0 Å². The third-order valence-electron chi connectivity index (χ3n) is 6.67. The minimum absolute atomic E-state index is 0.353. The molecule has 0 radical (unpaired) electrons. The molecule has 2 nitrogen and oxygen atoms in total. The van der Waals surface area contributed by atoms with Crippen LogP contribution in [0.15, 0.2) is 0 Å². The molecule has 2 N–H and O–H groups in total. The summed E-state index contributed by atoms with van der Waals surface area (Å²) in [6.07, 6.45) is 11.5. The molecule has 1 heterocycles. The van der Waals surface area contributed by atoms with Crippen LogP contribution in [-0.2, 0) is 0 Å². The summed E-state index contributed by atoms with van der Waals surface area (Å²) in [5.41, 5.74) is 6.93. The molecular formula is C18H34N2. The van der Waals surface area contributed by atoms with Crippen LogP contribution in [0.25, 0.3) is 0 Å². The highest BCUT2D eigenvalue weighted by Crippen LogP contribution is 2.40. The number of nitrogens with two attached hydrogens (primary N) is 1. The number of hydrogen-bond acceptors (Lipinski definition) is 2. The van der Waals surface area contributed by atoms with Crippen molar-refractivity contribution in [2.75, 3.05) is 19.6 Å². The fourth-order valence-corrected chi connectivity index (χ4v) is 5.18. The first kappa shape index (κ1) is 14.8. The smallest absolute Gasteiger partial charge is 0.0131 e. The second kappa shape index (κ2) is 5.96. The molecule has 1 saturated heterocycles. The average molecular weight is 278 g/mol. The standard InChI is InChI=1S/C18H34N2/c1-18(2)10-5-8-16(17(18)19)13-20-11-9-14-6-3-4-7-15(14)12-20/h14-17H,3-13,19H2,1-2H3. The number of likely N-dealkylation sites (tertiary alicyclic amines) is 1. The van der Waals surface area contributed by atoms with Crippen LogP contribution >= 0.6 is 0 Å². The molecule has 116 valence electrons. The van der Waals surface area contributed by atoms with Gasteiger partial charge in [0.15, 0.2) is 0 Å². The monoisotopic (exact) mass is 278 g/mol. The lowest BCUT2D eigenvalue weighted by molar-refractivity contribution is 0.0482. The lowest BCUT2D eigenvalue weighted by Gasteiger charge is -2.46. The van der Waals surface area contributed by atoms with E-state index >= 15 is 0 Å². The maximum absolute atomic E-state index is 6.58. The highest BCUT2D eigenvalue weighted by atomic mass is 15.1. The largest absolute Gasteiger partial charge is 0.327 e. The summed E-state index contributed by atoms with van der Waals surface area (Å²) in [5, 5.41) is 0. The highest BCUT2D eigenvalue weighted by molar-refractivity contribution is 4.93. The van der Waals surface area contributed by atoms with Crippen molar-refractivity contribution in [1.29, 1.82) is 0 Å². The first-order valence-corrected chi connectivity index (χ1v) is 9.04. The van der Waals surface area contributed by atoms with E-state index in [0.717, 1.165) is 17.8 Å². The van der Waals surface area contributed by atoms with E-state index in [4.69, 9.17) is 5.73 Å². The van der Waals surface area contributed by atoms with Crippen molar-refractivity contribution >= 4 is 0 Å². The number of fused-ring (bicyclic) bond motifs is 1. The highest BCUT2D eigenvalue weighted by Gasteiger charge is 2.38. The predicted octanol–water partition coefficient (Wildman–Crippen LogP) is 3.65. The zero-order chi connectivity index (χ0) is 14.2. The van der Waals surface area contributed by atoms with E-state index in [1.54, 1.807) is 0 Å². The molecule has 0 spiro atoms. The van der Waals surface area contributed by atoms with Crippen LogP contribution in [0.5, 0.6) is 0 Å². The van der Waals surface area contributed by atoms with E-state index in [-0.39, 0.29) is 0 Å². The molecular weight excluding hydrogens is 244 g/mol. The Morgan fingerprint density at radius 3 is 2.55 bits per heavy atom. The molecule has 4 unspecified atom stereocenters. The third kappa shape index (κ3) is 3.06. The Hall–Kier alpha value is -0.0800. The summed E-state index contributed by atoms with van der Waals surface area (Å²) in [6, 6.07) is 0.403. The molecule has 3 aliphatic rings. The van der Waals surface area contributed by atoms with E-state index < -0.39 is 0 Å². The lowest BCUT2D eigenvalue weighted by Crippen LogP contribution is -2.52. The molecule has 1 aliphatic heterocycles. The summed E-state index contributed by atoms with van der Waals surface area (Å²) in [6.45, 7) is 8.72. The van der Waals surface area contributed by atoms with Crippen molar-refractivity contribution < 1.29 is 0 Å². The van der Waals surface area contributed by atoms with Gasteiger partial charge in [0.25, 0.3) is 0 Å². The summed E-state index contributed by atoms with van der Waals surface area (Å²) in [4.78, 5) is 2.76. The Bertz CT molecular complexity index is 325. The van der Waals surface area contributed by atoms with Gasteiger partial charge in [0, 0.05) is 19.1 Å². The van der Waals surface area contributed by atoms with Crippen LogP contribution in [0.1, 0.15) is 65.2 Å². The Morgan fingerprint density at radius 2 is 1.75 bits per heavy atom. The van der Waals surface area contributed by atoms with Gasteiger partial charge >= 0.3 is 0 Å². The van der Waals surface area contributed by atoms with Gasteiger partial charge in [0.05, 0.1) is 0 Å². The molecule has 0 aromatic rings. The summed E-state index contributed by atoms with van der Waals surface area (Å²) in [5.74, 6) is 2.79. The van der Waals surface area contributed by atoms with Crippen LogP contribution in [0.3, 0.4) is 0 Å². The van der Waals surface area contributed by atoms with Gasteiger partial charge < -0.3 is 10.6 Å². The fraction of sp³-hybridized carbons (Fsp3) is 1.00. The van der Waals surface area contributed by atoms with Crippen molar-refractivity contribution in [3.63, 3.8) is 0 Å². The maximum Gasteiger partial charge on any atom is 0.0131 e. The Balaban J connectivity index is 1.55. The number of rotatable bonds is 2. The molecule has 0 amide bonds. The number of nitrogens with zero attached hydrogens (tertiary/aromatic N) is 1. The van der Waals surface area contributed by atoms with Crippen LogP contribution < -0.4 is 5.73 Å². The Morgan fingerprint density at radius 1 is 1.00 bits per heavy atom. The molecule has 2 aliphatic carbocycles. The number of piperidine rings is 1. The normalized spacial score (nSPS) is 42.1. The van der Waals surface area contributed by atoms with Gasteiger partial charge in [0.1, 0.15) is 0 Å². The van der Waals surface area contributed by atoms with E-state index in [9.17, 15) is 0 Å². The van der Waals surface area contributed by atoms with Crippen molar-refractivity contribution in [2.45, 2.75) is 71.3 Å². The van der Waals surface area contributed by atoms with Gasteiger partial charge in [-0.05, 0) is 55.4 Å². The van der Waals surface area contributed by atoms with Gasteiger partial charge in [-0.3, -0.25) is 0 Å². The van der Waals surface area contributed by atoms with Gasteiger partial charge in [-0.25, -0.2) is 0 Å². The molecule has 20 heavy (non-hydrogen) atoms. The minimum Gasteiger partial charge on any atom is -0.327 e. The van der Waals surface area contributed by atoms with Crippen LogP contribution in [0.4, 0.5) is 0 Å². The van der Waals surface area contributed by atoms with E-state index in [0.29, 0.717) is 11.5 Å². The number of hydrogen-bond donors (Lipinski definition) is 1. The summed E-state index contributed by atoms with van der Waals surface area (Å²) >= 11 is 0. The van der Waals surface area contributed by atoms with Crippen molar-refractivity contribution in [1.82, 2.24) is 4.90 Å². The van der Waals surface area contributed by atoms with Crippen molar-refractivity contribution in [3.8, 4) is 0 Å². The van der Waals surface area contributed by atoms with E-state index in [1.807, 2.05) is 0 Å². The van der Waals surface area contributed by atoms with Gasteiger partial charge in [-0.2, -0.15) is 0 Å². The molecule has 4 atom stereocenters. The second-order valence-electron chi connectivity index (χ2n) is 8.52. The average Bonchev–Trinajstić information content (AvgIpc) is 2.44. The maximum atomic E-state index is 6.58. The summed E-state index contributed by atoms with van der Waals surface area (Å²) in [7, 11) is 0. The fourth-order valence-electron chi connectivity index (χ4n) is 5.18. The lowest BCUT2D eigenvalue weighted by atomic mass is 9.68. The first-order valence-electron chi connectivity index (χ1n) is 9.04. The Kier molecular flexibility index (Phi) is 4.42. The van der Waals surface area contributed by atoms with Crippen LogP contribution in [0.2, 0.25) is 0 Å². The molecule has 0 aromatic heterocycles. The van der Waals surface area contributed by atoms with E-state index in [1.165, 1.54) is 71.0 Å². The molecule has 3 rings (SSSR count). The van der Waals surface area contributed by atoms with Crippen LogP contribution in [-0.4, -0.2) is 30.6 Å². The molecule has 0 bridgehead atoms. The minimum atomic E-state index is 0.353.